The van der Waals surface area contributed by atoms with Gasteiger partial charge < -0.3 is 19.8 Å². The highest BCUT2D eigenvalue weighted by atomic mass is 16.6. The van der Waals surface area contributed by atoms with Gasteiger partial charge in [0.25, 0.3) is 0 Å². The molecule has 33 heavy (non-hydrogen) atoms. The Kier molecular flexibility index (Phi) is 5.62. The normalized spacial score (nSPS) is 18.9. The SMILES string of the molecule is Cc1c[nH]c2ncc(-c3cc4c(c([C@@H]5COCCN5C(=O)OC(C)(C)C)c3)CNCC4)cc12. The fourth-order valence-electron chi connectivity index (χ4n) is 4.79. The van der Waals surface area contributed by atoms with Crippen LogP contribution >= 0.6 is 0 Å². The Bertz CT molecular complexity index is 1190. The molecule has 1 atom stereocenters. The minimum Gasteiger partial charge on any atom is -0.444 e. The predicted octanol–water partition coefficient (Wildman–Crippen LogP) is 4.49. The average Bonchev–Trinajstić information content (AvgIpc) is 3.17. The lowest BCUT2D eigenvalue weighted by Crippen LogP contribution is -2.46. The molecule has 1 saturated heterocycles. The van der Waals surface area contributed by atoms with Crippen LogP contribution in [0.1, 0.15) is 49.1 Å². The van der Waals surface area contributed by atoms with E-state index in [-0.39, 0.29) is 12.1 Å². The Morgan fingerprint density at radius 2 is 2.09 bits per heavy atom. The Balaban J connectivity index is 1.59. The number of fused-ring (bicyclic) bond motifs is 2. The summed E-state index contributed by atoms with van der Waals surface area (Å²) in [7, 11) is 0. The van der Waals surface area contributed by atoms with E-state index in [0.717, 1.165) is 47.2 Å². The van der Waals surface area contributed by atoms with Gasteiger partial charge in [0.2, 0.25) is 0 Å². The van der Waals surface area contributed by atoms with E-state index in [1.54, 1.807) is 0 Å². The van der Waals surface area contributed by atoms with E-state index in [2.05, 4.69) is 40.4 Å². The van der Waals surface area contributed by atoms with Crippen LogP contribution in [-0.2, 0) is 22.4 Å². The molecular weight excluding hydrogens is 416 g/mol. The molecule has 7 nitrogen and oxygen atoms in total. The number of hydrogen-bond donors (Lipinski definition) is 2. The van der Waals surface area contributed by atoms with Crippen molar-refractivity contribution >= 4 is 17.1 Å². The van der Waals surface area contributed by atoms with Crippen molar-refractivity contribution in [2.45, 2.75) is 52.3 Å². The minimum atomic E-state index is -0.543. The van der Waals surface area contributed by atoms with E-state index in [0.29, 0.717) is 19.8 Å². The number of H-pyrrole nitrogens is 1. The number of benzene rings is 1. The van der Waals surface area contributed by atoms with E-state index >= 15 is 0 Å². The molecule has 1 amide bonds. The summed E-state index contributed by atoms with van der Waals surface area (Å²) in [6.07, 6.45) is 4.58. The summed E-state index contributed by atoms with van der Waals surface area (Å²) in [6, 6.07) is 6.51. The first-order chi connectivity index (χ1) is 15.8. The summed E-state index contributed by atoms with van der Waals surface area (Å²) >= 11 is 0. The van der Waals surface area contributed by atoms with Crippen LogP contribution in [-0.4, -0.2) is 52.9 Å². The number of aromatic nitrogens is 2. The van der Waals surface area contributed by atoms with Gasteiger partial charge in [-0.25, -0.2) is 9.78 Å². The third kappa shape index (κ3) is 4.35. The molecule has 2 aliphatic heterocycles. The van der Waals surface area contributed by atoms with Gasteiger partial charge in [-0.15, -0.1) is 0 Å². The molecule has 0 unspecified atom stereocenters. The van der Waals surface area contributed by atoms with Gasteiger partial charge in [0.1, 0.15) is 11.2 Å². The van der Waals surface area contributed by atoms with Crippen molar-refractivity contribution in [3.8, 4) is 11.1 Å². The predicted molar refractivity (Wildman–Crippen MR) is 128 cm³/mol. The van der Waals surface area contributed by atoms with Crippen molar-refractivity contribution < 1.29 is 14.3 Å². The number of ether oxygens (including phenoxy) is 2. The molecule has 5 rings (SSSR count). The third-order valence-corrected chi connectivity index (χ3v) is 6.44. The minimum absolute atomic E-state index is 0.187. The number of hydrogen-bond acceptors (Lipinski definition) is 5. The van der Waals surface area contributed by atoms with Crippen LogP contribution in [0, 0.1) is 6.92 Å². The lowest BCUT2D eigenvalue weighted by atomic mass is 9.87. The van der Waals surface area contributed by atoms with Gasteiger partial charge in [0.15, 0.2) is 0 Å². The highest BCUT2D eigenvalue weighted by Gasteiger charge is 2.34. The van der Waals surface area contributed by atoms with Crippen LogP contribution in [0.5, 0.6) is 0 Å². The molecule has 1 aromatic carbocycles. The standard InChI is InChI=1S/C26H32N4O3/c1-16-12-28-24-20(16)11-19(13-29-24)18-9-17-5-6-27-14-22(17)21(10-18)23-15-32-8-7-30(23)25(31)33-26(2,3)4/h9-13,23,27H,5-8,14-15H2,1-4H3,(H,28,29)/t23-/m0/s1. The van der Waals surface area contributed by atoms with E-state index in [1.165, 1.54) is 16.7 Å². The molecule has 7 heteroatoms. The van der Waals surface area contributed by atoms with Crippen LogP contribution in [0.4, 0.5) is 4.79 Å². The highest BCUT2D eigenvalue weighted by molar-refractivity contribution is 5.84. The Morgan fingerprint density at radius 3 is 2.91 bits per heavy atom. The number of aryl methyl sites for hydroxylation is 1. The number of pyridine rings is 1. The summed E-state index contributed by atoms with van der Waals surface area (Å²) in [5.41, 5.74) is 7.45. The smallest absolute Gasteiger partial charge is 0.410 e. The Hall–Kier alpha value is -2.90. The first-order valence-corrected chi connectivity index (χ1v) is 11.7. The molecule has 2 aromatic heterocycles. The lowest BCUT2D eigenvalue weighted by molar-refractivity contribution is -0.0333. The number of aromatic amines is 1. The lowest BCUT2D eigenvalue weighted by Gasteiger charge is -2.38. The zero-order chi connectivity index (χ0) is 23.2. The maximum Gasteiger partial charge on any atom is 0.410 e. The van der Waals surface area contributed by atoms with Gasteiger partial charge in [0.05, 0.1) is 19.3 Å². The topological polar surface area (TPSA) is 79.5 Å². The first kappa shape index (κ1) is 21.9. The van der Waals surface area contributed by atoms with Gasteiger partial charge in [-0.05, 0) is 80.6 Å². The van der Waals surface area contributed by atoms with Crippen molar-refractivity contribution in [1.82, 2.24) is 20.2 Å². The molecule has 3 aromatic rings. The van der Waals surface area contributed by atoms with E-state index in [4.69, 9.17) is 9.47 Å². The molecule has 2 N–H and O–H groups in total. The molecule has 0 saturated carbocycles. The molecule has 2 aliphatic rings. The molecule has 0 bridgehead atoms. The monoisotopic (exact) mass is 448 g/mol. The third-order valence-electron chi connectivity index (χ3n) is 6.44. The van der Waals surface area contributed by atoms with Gasteiger partial charge in [0, 0.05) is 36.4 Å². The van der Waals surface area contributed by atoms with Crippen LogP contribution in [0.25, 0.3) is 22.2 Å². The molecule has 0 spiro atoms. The fraction of sp³-hybridized carbons (Fsp3) is 0.462. The van der Waals surface area contributed by atoms with Crippen LogP contribution in [0.15, 0.2) is 30.6 Å². The van der Waals surface area contributed by atoms with Crippen molar-refractivity contribution in [1.29, 1.82) is 0 Å². The molecular formula is C26H32N4O3. The quantitative estimate of drug-likeness (QED) is 0.604. The van der Waals surface area contributed by atoms with Crippen molar-refractivity contribution in [3.05, 3.63) is 52.8 Å². The number of nitrogens with zero attached hydrogens (tertiary/aromatic N) is 2. The maximum absolute atomic E-state index is 13.1. The van der Waals surface area contributed by atoms with Crippen LogP contribution in [0.3, 0.4) is 0 Å². The van der Waals surface area contributed by atoms with Crippen molar-refractivity contribution in [3.63, 3.8) is 0 Å². The molecule has 0 radical (unpaired) electrons. The van der Waals surface area contributed by atoms with Gasteiger partial charge in [-0.1, -0.05) is 6.07 Å². The van der Waals surface area contributed by atoms with Gasteiger partial charge in [-0.3, -0.25) is 4.90 Å². The zero-order valence-electron chi connectivity index (χ0n) is 19.8. The fourth-order valence-corrected chi connectivity index (χ4v) is 4.79. The zero-order valence-corrected chi connectivity index (χ0v) is 19.8. The summed E-state index contributed by atoms with van der Waals surface area (Å²) in [6.45, 7) is 11.0. The van der Waals surface area contributed by atoms with Gasteiger partial charge >= 0.3 is 6.09 Å². The van der Waals surface area contributed by atoms with Gasteiger partial charge in [-0.2, -0.15) is 0 Å². The summed E-state index contributed by atoms with van der Waals surface area (Å²) in [4.78, 5) is 22.8. The van der Waals surface area contributed by atoms with E-state index in [9.17, 15) is 4.79 Å². The van der Waals surface area contributed by atoms with Crippen molar-refractivity contribution in [2.75, 3.05) is 26.3 Å². The average molecular weight is 449 g/mol. The maximum atomic E-state index is 13.1. The largest absolute Gasteiger partial charge is 0.444 e. The van der Waals surface area contributed by atoms with Crippen molar-refractivity contribution in [2.24, 2.45) is 0 Å². The number of amides is 1. The van der Waals surface area contributed by atoms with E-state index in [1.807, 2.05) is 38.1 Å². The molecule has 1 fully saturated rings. The summed E-state index contributed by atoms with van der Waals surface area (Å²) < 4.78 is 11.6. The second-order valence-electron chi connectivity index (χ2n) is 9.99. The Morgan fingerprint density at radius 1 is 1.24 bits per heavy atom. The van der Waals surface area contributed by atoms with Crippen LogP contribution in [0.2, 0.25) is 0 Å². The Labute approximate surface area is 194 Å². The van der Waals surface area contributed by atoms with Crippen LogP contribution < -0.4 is 5.32 Å². The number of morpholine rings is 1. The van der Waals surface area contributed by atoms with E-state index < -0.39 is 5.60 Å². The first-order valence-electron chi connectivity index (χ1n) is 11.7. The summed E-state index contributed by atoms with van der Waals surface area (Å²) in [5, 5.41) is 4.63. The molecule has 4 heterocycles. The number of carbonyl (C=O) groups is 1. The second-order valence-corrected chi connectivity index (χ2v) is 9.99. The summed E-state index contributed by atoms with van der Waals surface area (Å²) in [5.74, 6) is 0. The number of rotatable bonds is 2. The molecule has 0 aliphatic carbocycles. The molecule has 174 valence electrons. The highest BCUT2D eigenvalue weighted by Crippen LogP contribution is 2.36. The number of nitrogens with one attached hydrogen (secondary N) is 2. The number of carbonyl (C=O) groups excluding carboxylic acids is 1. The second kappa shape index (κ2) is 8.47.